The van der Waals surface area contributed by atoms with Crippen molar-refractivity contribution in [3.8, 4) is 0 Å². The molecule has 1 aromatic rings. The minimum absolute atomic E-state index is 0.106. The van der Waals surface area contributed by atoms with Crippen molar-refractivity contribution in [3.05, 3.63) is 35.9 Å². The number of hydrogen-bond acceptors (Lipinski definition) is 8. The predicted molar refractivity (Wildman–Crippen MR) is 166 cm³/mol. The van der Waals surface area contributed by atoms with Gasteiger partial charge in [-0.05, 0) is 50.5 Å². The van der Waals surface area contributed by atoms with Gasteiger partial charge in [-0.15, -0.1) is 0 Å². The van der Waals surface area contributed by atoms with Crippen LogP contribution in [0.2, 0.25) is 0 Å². The largest absolute Gasteiger partial charge is 0.390 e. The number of ether oxygens (including phenoxy) is 1. The molecule has 3 fully saturated rings. The third-order valence-electron chi connectivity index (χ3n) is 9.82. The third kappa shape index (κ3) is 8.29. The molecular weight excluding hydrogens is 586 g/mol. The fourth-order valence-electron chi connectivity index (χ4n) is 6.73. The highest BCUT2D eigenvalue weighted by Gasteiger charge is 2.46. The van der Waals surface area contributed by atoms with Gasteiger partial charge in [0.2, 0.25) is 11.8 Å². The van der Waals surface area contributed by atoms with Crippen molar-refractivity contribution in [3.63, 3.8) is 0 Å². The number of aliphatic hydroxyl groups is 1. The summed E-state index contributed by atoms with van der Waals surface area (Å²) in [7, 11) is -3.83. The molecule has 13 heteroatoms. The summed E-state index contributed by atoms with van der Waals surface area (Å²) < 4.78 is 29.4. The number of nitrogens with two attached hydrogens (primary N) is 1. The van der Waals surface area contributed by atoms with E-state index in [1.54, 1.807) is 0 Å². The number of likely N-dealkylation sites (tertiary alicyclic amines) is 1. The van der Waals surface area contributed by atoms with Gasteiger partial charge < -0.3 is 31.1 Å². The molecule has 4 rings (SSSR count). The van der Waals surface area contributed by atoms with Crippen LogP contribution in [0.15, 0.2) is 30.3 Å². The van der Waals surface area contributed by atoms with E-state index < -0.39 is 56.7 Å². The van der Waals surface area contributed by atoms with Crippen LogP contribution in [0.4, 0.5) is 4.79 Å². The molecule has 2 heterocycles. The quantitative estimate of drug-likeness (QED) is 0.275. The average molecular weight is 636 g/mol. The highest BCUT2D eigenvalue weighted by molar-refractivity contribution is 7.92. The fraction of sp³-hybridized carbons (Fsp3) is 0.710. The molecule has 2 unspecified atom stereocenters. The second-order valence-electron chi connectivity index (χ2n) is 13.1. The standard InChI is InChI=1S/C31H49N5O7S/c1-31(2,44(3,41)42)27(34-30(40)35-13-15-43-16-14-35)29(39)33-24(17-21-9-5-4-6-10-21)26(37)20-36-19-23-12-8-7-11-22(23)18-25(36)28(32)38/h4-6,9-10,22-27,37H,7-8,11-20H2,1-3H3,(H2,32,38)(H,33,39)(H,34,40)/t22?,23?,24-,25-,26+,27+/m0/s1. The molecule has 0 spiro atoms. The number of morpholine rings is 1. The summed E-state index contributed by atoms with van der Waals surface area (Å²) in [5.74, 6) is -0.294. The molecule has 6 atom stereocenters. The molecule has 0 radical (unpaired) electrons. The van der Waals surface area contributed by atoms with Gasteiger partial charge in [-0.3, -0.25) is 14.5 Å². The molecule has 4 amide bonds. The van der Waals surface area contributed by atoms with Crippen LogP contribution in [0.1, 0.15) is 51.5 Å². The third-order valence-corrected chi connectivity index (χ3v) is 12.0. The predicted octanol–water partition coefficient (Wildman–Crippen LogP) is 0.674. The molecule has 0 aromatic heterocycles. The molecule has 3 aliphatic rings. The lowest BCUT2D eigenvalue weighted by atomic mass is 9.72. The number of rotatable bonds is 11. The summed E-state index contributed by atoms with van der Waals surface area (Å²) >= 11 is 0. The number of benzene rings is 1. The minimum atomic E-state index is -3.83. The normalized spacial score (nSPS) is 25.3. The number of aliphatic hydroxyl groups excluding tert-OH is 1. The Kier molecular flexibility index (Phi) is 11.3. The number of amides is 4. The molecule has 246 valence electrons. The molecule has 5 N–H and O–H groups in total. The van der Waals surface area contributed by atoms with Gasteiger partial charge in [0.1, 0.15) is 6.04 Å². The molecule has 12 nitrogen and oxygen atoms in total. The van der Waals surface area contributed by atoms with Gasteiger partial charge >= 0.3 is 6.03 Å². The van der Waals surface area contributed by atoms with Gasteiger partial charge in [0.05, 0.1) is 36.1 Å². The zero-order valence-electron chi connectivity index (χ0n) is 26.1. The molecule has 2 aliphatic heterocycles. The number of sulfone groups is 1. The van der Waals surface area contributed by atoms with E-state index in [1.165, 1.54) is 18.7 Å². The number of hydrogen-bond donors (Lipinski definition) is 4. The Bertz CT molecular complexity index is 1260. The van der Waals surface area contributed by atoms with E-state index >= 15 is 0 Å². The van der Waals surface area contributed by atoms with Crippen LogP contribution in [0.25, 0.3) is 0 Å². The Balaban J connectivity index is 1.57. The second-order valence-corrected chi connectivity index (χ2v) is 15.7. The lowest BCUT2D eigenvalue weighted by Crippen LogP contribution is -2.65. The summed E-state index contributed by atoms with van der Waals surface area (Å²) in [5.41, 5.74) is 6.68. The van der Waals surface area contributed by atoms with E-state index in [0.717, 1.165) is 37.5 Å². The van der Waals surface area contributed by atoms with Crippen molar-refractivity contribution >= 4 is 27.7 Å². The topological polar surface area (TPSA) is 171 Å². The van der Waals surface area contributed by atoms with Crippen molar-refractivity contribution in [2.75, 3.05) is 45.6 Å². The van der Waals surface area contributed by atoms with Crippen LogP contribution >= 0.6 is 0 Å². The van der Waals surface area contributed by atoms with Crippen LogP contribution in [0.3, 0.4) is 0 Å². The fourth-order valence-corrected chi connectivity index (χ4v) is 7.33. The van der Waals surface area contributed by atoms with E-state index in [4.69, 9.17) is 10.5 Å². The summed E-state index contributed by atoms with van der Waals surface area (Å²) in [6.07, 6.45) is 5.25. The van der Waals surface area contributed by atoms with Crippen LogP contribution in [-0.4, -0.2) is 116 Å². The number of urea groups is 1. The maximum absolute atomic E-state index is 14.0. The van der Waals surface area contributed by atoms with Gasteiger partial charge in [-0.25, -0.2) is 13.2 Å². The number of β-amino-alcohol motifs (C(OH)–C–C–N with tert-alkyl or cyclic N) is 1. The highest BCUT2D eigenvalue weighted by atomic mass is 32.2. The van der Waals surface area contributed by atoms with Crippen LogP contribution in [-0.2, 0) is 30.6 Å². The van der Waals surface area contributed by atoms with Crippen molar-refractivity contribution in [2.24, 2.45) is 17.6 Å². The van der Waals surface area contributed by atoms with Crippen LogP contribution in [0.5, 0.6) is 0 Å². The zero-order chi connectivity index (χ0) is 32.1. The summed E-state index contributed by atoms with van der Waals surface area (Å²) in [6, 6.07) is 5.96. The lowest BCUT2D eigenvalue weighted by molar-refractivity contribution is -0.129. The Hall–Kier alpha value is -2.74. The van der Waals surface area contributed by atoms with Crippen molar-refractivity contribution in [2.45, 2.75) is 81.3 Å². The van der Waals surface area contributed by atoms with E-state index in [-0.39, 0.29) is 13.0 Å². The van der Waals surface area contributed by atoms with Gasteiger partial charge in [-0.2, -0.15) is 0 Å². The second kappa shape index (κ2) is 14.6. The van der Waals surface area contributed by atoms with Crippen molar-refractivity contribution in [1.29, 1.82) is 0 Å². The van der Waals surface area contributed by atoms with Gasteiger partial charge in [0.25, 0.3) is 0 Å². The van der Waals surface area contributed by atoms with Gasteiger partial charge in [-0.1, -0.05) is 49.6 Å². The number of carbonyl (C=O) groups excluding carboxylic acids is 3. The summed E-state index contributed by atoms with van der Waals surface area (Å²) in [6.45, 7) is 4.86. The average Bonchev–Trinajstić information content (AvgIpc) is 2.99. The van der Waals surface area contributed by atoms with Gasteiger partial charge in [0, 0.05) is 32.4 Å². The molecule has 44 heavy (non-hydrogen) atoms. The Morgan fingerprint density at radius 3 is 2.32 bits per heavy atom. The molecule has 1 saturated carbocycles. The number of piperidine rings is 1. The summed E-state index contributed by atoms with van der Waals surface area (Å²) in [5, 5.41) is 17.2. The number of primary amides is 1. The first-order chi connectivity index (χ1) is 20.8. The SMILES string of the molecule is CC(C)([C@H](NC(=O)N1CCOCC1)C(=O)N[C@@H](Cc1ccccc1)[C@H](O)CN1CC2CCCCC2C[C@H]1C(N)=O)S(C)(=O)=O. The summed E-state index contributed by atoms with van der Waals surface area (Å²) in [4.78, 5) is 43.1. The molecule has 0 bridgehead atoms. The highest BCUT2D eigenvalue weighted by Crippen LogP contribution is 2.38. The van der Waals surface area contributed by atoms with Crippen LogP contribution in [0, 0.1) is 11.8 Å². The molecule has 2 saturated heterocycles. The number of nitrogens with zero attached hydrogens (tertiary/aromatic N) is 2. The Labute approximate surface area is 261 Å². The molecular formula is C31H49N5O7S. The van der Waals surface area contributed by atoms with E-state index in [1.807, 2.05) is 35.2 Å². The van der Waals surface area contributed by atoms with Crippen LogP contribution < -0.4 is 16.4 Å². The monoisotopic (exact) mass is 635 g/mol. The number of nitrogens with one attached hydrogen (secondary N) is 2. The van der Waals surface area contributed by atoms with E-state index in [0.29, 0.717) is 51.1 Å². The Morgan fingerprint density at radius 1 is 1.07 bits per heavy atom. The molecule has 1 aliphatic carbocycles. The first-order valence-electron chi connectivity index (χ1n) is 15.7. The zero-order valence-corrected chi connectivity index (χ0v) is 26.9. The smallest absolute Gasteiger partial charge is 0.318 e. The number of fused-ring (bicyclic) bond motifs is 1. The van der Waals surface area contributed by atoms with Crippen molar-refractivity contribution in [1.82, 2.24) is 20.4 Å². The van der Waals surface area contributed by atoms with Gasteiger partial charge in [0.15, 0.2) is 9.84 Å². The Morgan fingerprint density at radius 2 is 1.70 bits per heavy atom. The molecule has 1 aromatic carbocycles. The first kappa shape index (κ1) is 34.1. The lowest BCUT2D eigenvalue weighted by Gasteiger charge is -2.46. The van der Waals surface area contributed by atoms with Crippen molar-refractivity contribution < 1.29 is 32.6 Å². The van der Waals surface area contributed by atoms with E-state index in [2.05, 4.69) is 10.6 Å². The number of carbonyl (C=O) groups is 3. The minimum Gasteiger partial charge on any atom is -0.390 e. The maximum atomic E-state index is 14.0. The van der Waals surface area contributed by atoms with E-state index in [9.17, 15) is 27.9 Å². The first-order valence-corrected chi connectivity index (χ1v) is 17.6. The maximum Gasteiger partial charge on any atom is 0.318 e.